The lowest BCUT2D eigenvalue weighted by Crippen LogP contribution is -2.03. The lowest BCUT2D eigenvalue weighted by molar-refractivity contribution is 0.0903. The Morgan fingerprint density at radius 2 is 2.29 bits per heavy atom. The minimum atomic E-state index is -0.0732. The number of anilines is 1. The van der Waals surface area contributed by atoms with Crippen LogP contribution in [-0.2, 0) is 4.74 Å². The molecular weight excluding hydrogens is 182 g/mol. The monoisotopic (exact) mass is 199 g/mol. The van der Waals surface area contributed by atoms with Crippen molar-refractivity contribution in [3.63, 3.8) is 0 Å². The third-order valence-corrected chi connectivity index (χ3v) is 1.91. The van der Waals surface area contributed by atoms with Gasteiger partial charge in [0.25, 0.3) is 0 Å². The van der Waals surface area contributed by atoms with E-state index in [1.54, 1.807) is 7.11 Å². The van der Waals surface area contributed by atoms with E-state index >= 15 is 0 Å². The molecular formula is C9H17N3O2. The maximum Gasteiger partial charge on any atom is 0.321 e. The molecule has 0 aliphatic rings. The molecule has 0 bridgehead atoms. The van der Waals surface area contributed by atoms with Gasteiger partial charge in [-0.1, -0.05) is 19.0 Å². The summed E-state index contributed by atoms with van der Waals surface area (Å²) >= 11 is 0. The predicted octanol–water partition coefficient (Wildman–Crippen LogP) is 1.99. The molecule has 14 heavy (non-hydrogen) atoms. The van der Waals surface area contributed by atoms with Crippen LogP contribution in [0.3, 0.4) is 0 Å². The van der Waals surface area contributed by atoms with Crippen molar-refractivity contribution >= 4 is 6.01 Å². The van der Waals surface area contributed by atoms with Crippen LogP contribution in [-0.4, -0.2) is 23.8 Å². The van der Waals surface area contributed by atoms with Crippen LogP contribution in [0.5, 0.6) is 0 Å². The van der Waals surface area contributed by atoms with Gasteiger partial charge >= 0.3 is 6.01 Å². The van der Waals surface area contributed by atoms with Gasteiger partial charge in [-0.15, -0.1) is 0 Å². The van der Waals surface area contributed by atoms with Gasteiger partial charge in [-0.05, 0) is 12.8 Å². The molecule has 0 amide bonds. The van der Waals surface area contributed by atoms with Gasteiger partial charge in [0.05, 0.1) is 0 Å². The fourth-order valence-corrected chi connectivity index (χ4v) is 1.12. The first-order chi connectivity index (χ1) is 6.81. The van der Waals surface area contributed by atoms with E-state index in [2.05, 4.69) is 22.4 Å². The number of nitrogens with zero attached hydrogens (tertiary/aromatic N) is 2. The summed E-state index contributed by atoms with van der Waals surface area (Å²) < 4.78 is 10.2. The molecule has 1 atom stereocenters. The zero-order valence-electron chi connectivity index (χ0n) is 8.91. The predicted molar refractivity (Wildman–Crippen MR) is 53.1 cm³/mol. The Hall–Kier alpha value is -1.10. The van der Waals surface area contributed by atoms with Crippen LogP contribution >= 0.6 is 0 Å². The average Bonchev–Trinajstić information content (AvgIpc) is 2.65. The number of methoxy groups -OCH3 is 1. The van der Waals surface area contributed by atoms with Gasteiger partial charge in [0, 0.05) is 13.7 Å². The van der Waals surface area contributed by atoms with E-state index in [1.807, 2.05) is 6.92 Å². The number of aromatic nitrogens is 2. The second kappa shape index (κ2) is 5.59. The molecule has 0 radical (unpaired) electrons. The van der Waals surface area contributed by atoms with Crippen molar-refractivity contribution in [1.82, 2.24) is 10.1 Å². The molecule has 1 aromatic heterocycles. The summed E-state index contributed by atoms with van der Waals surface area (Å²) in [6, 6.07) is 0.470. The van der Waals surface area contributed by atoms with Gasteiger partial charge in [-0.25, -0.2) is 0 Å². The zero-order chi connectivity index (χ0) is 10.4. The van der Waals surface area contributed by atoms with Gasteiger partial charge in [0.1, 0.15) is 6.10 Å². The first kappa shape index (κ1) is 11.0. The maximum absolute atomic E-state index is 5.19. The van der Waals surface area contributed by atoms with Crippen LogP contribution in [0.4, 0.5) is 6.01 Å². The van der Waals surface area contributed by atoms with Crippen molar-refractivity contribution in [2.24, 2.45) is 0 Å². The van der Waals surface area contributed by atoms with Crippen LogP contribution in [0.1, 0.15) is 38.6 Å². The Bertz CT molecular complexity index is 258. The fourth-order valence-electron chi connectivity index (χ4n) is 1.12. The molecule has 0 aliphatic heterocycles. The van der Waals surface area contributed by atoms with Gasteiger partial charge in [0.15, 0.2) is 0 Å². The van der Waals surface area contributed by atoms with Crippen molar-refractivity contribution < 1.29 is 9.26 Å². The van der Waals surface area contributed by atoms with E-state index in [0.717, 1.165) is 19.4 Å². The van der Waals surface area contributed by atoms with Crippen LogP contribution in [0.15, 0.2) is 4.52 Å². The topological polar surface area (TPSA) is 60.2 Å². The van der Waals surface area contributed by atoms with E-state index < -0.39 is 0 Å². The molecule has 0 saturated heterocycles. The third-order valence-electron chi connectivity index (χ3n) is 1.91. The molecule has 0 fully saturated rings. The van der Waals surface area contributed by atoms with Crippen LogP contribution in [0, 0.1) is 0 Å². The minimum Gasteiger partial charge on any atom is -0.373 e. The SMILES string of the molecule is CCCNc1nc(C(CC)OC)no1. The average molecular weight is 199 g/mol. The molecule has 1 heterocycles. The van der Waals surface area contributed by atoms with Gasteiger partial charge in [-0.2, -0.15) is 4.98 Å². The Morgan fingerprint density at radius 3 is 2.86 bits per heavy atom. The van der Waals surface area contributed by atoms with E-state index in [-0.39, 0.29) is 6.10 Å². The van der Waals surface area contributed by atoms with Gasteiger partial charge in [-0.3, -0.25) is 0 Å². The summed E-state index contributed by atoms with van der Waals surface area (Å²) in [4.78, 5) is 4.18. The van der Waals surface area contributed by atoms with E-state index in [4.69, 9.17) is 9.26 Å². The quantitative estimate of drug-likeness (QED) is 0.759. The second-order valence-electron chi connectivity index (χ2n) is 3.02. The number of ether oxygens (including phenoxy) is 1. The van der Waals surface area contributed by atoms with E-state index in [9.17, 15) is 0 Å². The normalized spacial score (nSPS) is 12.8. The number of hydrogen-bond donors (Lipinski definition) is 1. The first-order valence-electron chi connectivity index (χ1n) is 4.92. The Kier molecular flexibility index (Phi) is 4.39. The summed E-state index contributed by atoms with van der Waals surface area (Å²) in [5.41, 5.74) is 0. The summed E-state index contributed by atoms with van der Waals surface area (Å²) in [7, 11) is 1.64. The molecule has 80 valence electrons. The highest BCUT2D eigenvalue weighted by molar-refractivity contribution is 5.18. The van der Waals surface area contributed by atoms with Crippen molar-refractivity contribution in [3.8, 4) is 0 Å². The zero-order valence-corrected chi connectivity index (χ0v) is 8.91. The van der Waals surface area contributed by atoms with Crippen LogP contribution in [0.2, 0.25) is 0 Å². The molecule has 5 nitrogen and oxygen atoms in total. The molecule has 1 aromatic rings. The Morgan fingerprint density at radius 1 is 1.50 bits per heavy atom. The maximum atomic E-state index is 5.19. The molecule has 1 rings (SSSR count). The number of rotatable bonds is 6. The van der Waals surface area contributed by atoms with Crippen molar-refractivity contribution in [3.05, 3.63) is 5.82 Å². The highest BCUT2D eigenvalue weighted by Crippen LogP contribution is 2.17. The Balaban J connectivity index is 2.57. The highest BCUT2D eigenvalue weighted by atomic mass is 16.5. The summed E-state index contributed by atoms with van der Waals surface area (Å²) in [5.74, 6) is 0.605. The summed E-state index contributed by atoms with van der Waals surface area (Å²) in [6.07, 6.45) is 1.79. The summed E-state index contributed by atoms with van der Waals surface area (Å²) in [6.45, 7) is 4.93. The highest BCUT2D eigenvalue weighted by Gasteiger charge is 2.15. The lowest BCUT2D eigenvalue weighted by Gasteiger charge is -2.05. The van der Waals surface area contributed by atoms with E-state index in [1.165, 1.54) is 0 Å². The number of nitrogens with one attached hydrogen (secondary N) is 1. The molecule has 0 spiro atoms. The summed E-state index contributed by atoms with van der Waals surface area (Å²) in [5, 5.41) is 6.86. The second-order valence-corrected chi connectivity index (χ2v) is 3.02. The molecule has 5 heteroatoms. The minimum absolute atomic E-state index is 0.0732. The third kappa shape index (κ3) is 2.70. The van der Waals surface area contributed by atoms with Crippen LogP contribution in [0.25, 0.3) is 0 Å². The largest absolute Gasteiger partial charge is 0.373 e. The van der Waals surface area contributed by atoms with Crippen LogP contribution < -0.4 is 5.32 Å². The van der Waals surface area contributed by atoms with Crippen molar-refractivity contribution in [2.75, 3.05) is 19.0 Å². The lowest BCUT2D eigenvalue weighted by atomic mass is 10.3. The van der Waals surface area contributed by atoms with Gasteiger partial charge in [0.2, 0.25) is 5.82 Å². The fraction of sp³-hybridized carbons (Fsp3) is 0.778. The smallest absolute Gasteiger partial charge is 0.321 e. The molecule has 0 aromatic carbocycles. The molecule has 1 N–H and O–H groups in total. The standard InChI is InChI=1S/C9H17N3O2/c1-4-6-10-9-11-8(12-14-9)7(5-2)13-3/h7H,4-6H2,1-3H3,(H,10,11,12). The molecule has 0 saturated carbocycles. The molecule has 1 unspecified atom stereocenters. The number of hydrogen-bond acceptors (Lipinski definition) is 5. The van der Waals surface area contributed by atoms with Gasteiger partial charge < -0.3 is 14.6 Å². The van der Waals surface area contributed by atoms with Crippen molar-refractivity contribution in [1.29, 1.82) is 0 Å². The first-order valence-corrected chi connectivity index (χ1v) is 4.92. The van der Waals surface area contributed by atoms with E-state index in [0.29, 0.717) is 11.8 Å². The Labute approximate surface area is 83.8 Å². The molecule has 0 aliphatic carbocycles. The van der Waals surface area contributed by atoms with Crippen molar-refractivity contribution in [2.45, 2.75) is 32.8 Å².